The minimum atomic E-state index is -0.0865. The topological polar surface area (TPSA) is 38.8 Å². The van der Waals surface area contributed by atoms with Crippen molar-refractivity contribution in [1.82, 2.24) is 4.90 Å². The predicted octanol–water partition coefficient (Wildman–Crippen LogP) is 7.03. The number of hydrogen-bond acceptors (Lipinski definition) is 5. The molecule has 4 nitrogen and oxygen atoms in total. The highest BCUT2D eigenvalue weighted by molar-refractivity contribution is 8.26. The molecule has 4 rings (SSSR count). The maximum atomic E-state index is 13.0. The molecule has 0 aliphatic carbocycles. The third kappa shape index (κ3) is 6.00. The van der Waals surface area contributed by atoms with E-state index in [9.17, 15) is 4.79 Å². The van der Waals surface area contributed by atoms with E-state index < -0.39 is 0 Å². The van der Waals surface area contributed by atoms with Crippen LogP contribution in [0.5, 0.6) is 11.5 Å². The number of halogens is 1. The largest absolute Gasteiger partial charge is 0.490 e. The SMILES string of the molecule is CCOc1cc(C=C2SC(=S)N(Cc3ccc(C)cc3)C2=O)ccc1OCc1ccc(Cl)cc1. The molecule has 0 N–H and O–H groups in total. The van der Waals surface area contributed by atoms with E-state index in [0.717, 1.165) is 16.7 Å². The highest BCUT2D eigenvalue weighted by atomic mass is 35.5. The smallest absolute Gasteiger partial charge is 0.266 e. The van der Waals surface area contributed by atoms with Crippen LogP contribution in [0, 0.1) is 6.92 Å². The summed E-state index contributed by atoms with van der Waals surface area (Å²) in [6.07, 6.45) is 1.85. The van der Waals surface area contributed by atoms with Gasteiger partial charge in [0.2, 0.25) is 0 Å². The van der Waals surface area contributed by atoms with Gasteiger partial charge in [-0.05, 0) is 60.9 Å². The van der Waals surface area contributed by atoms with E-state index in [1.54, 1.807) is 4.90 Å². The van der Waals surface area contributed by atoms with Gasteiger partial charge in [0.25, 0.3) is 5.91 Å². The summed E-state index contributed by atoms with van der Waals surface area (Å²) in [7, 11) is 0. The number of benzene rings is 3. The number of nitrogens with zero attached hydrogens (tertiary/aromatic N) is 1. The summed E-state index contributed by atoms with van der Waals surface area (Å²) < 4.78 is 12.3. The van der Waals surface area contributed by atoms with Crippen LogP contribution < -0.4 is 9.47 Å². The fourth-order valence-electron chi connectivity index (χ4n) is 3.41. The Hall–Kier alpha value is -2.80. The monoisotopic (exact) mass is 509 g/mol. The van der Waals surface area contributed by atoms with Gasteiger partial charge in [-0.15, -0.1) is 0 Å². The van der Waals surface area contributed by atoms with E-state index in [4.69, 9.17) is 33.3 Å². The van der Waals surface area contributed by atoms with Crippen molar-refractivity contribution in [2.45, 2.75) is 27.0 Å². The van der Waals surface area contributed by atoms with Gasteiger partial charge < -0.3 is 9.47 Å². The van der Waals surface area contributed by atoms with Gasteiger partial charge in [0, 0.05) is 5.02 Å². The Labute approximate surface area is 214 Å². The Morgan fingerprint density at radius 3 is 2.38 bits per heavy atom. The van der Waals surface area contributed by atoms with Crippen molar-refractivity contribution < 1.29 is 14.3 Å². The fraction of sp³-hybridized carbons (Fsp3) is 0.185. The Balaban J connectivity index is 1.49. The molecule has 3 aromatic carbocycles. The molecular weight excluding hydrogens is 486 g/mol. The number of carbonyl (C=O) groups excluding carboxylic acids is 1. The molecule has 1 fully saturated rings. The van der Waals surface area contributed by atoms with Crippen LogP contribution in [0.25, 0.3) is 6.08 Å². The molecule has 34 heavy (non-hydrogen) atoms. The third-order valence-corrected chi connectivity index (χ3v) is 6.84. The second-order valence-corrected chi connectivity index (χ2v) is 9.92. The van der Waals surface area contributed by atoms with Gasteiger partial charge in [0.15, 0.2) is 11.5 Å². The summed E-state index contributed by atoms with van der Waals surface area (Å²) >= 11 is 12.8. The van der Waals surface area contributed by atoms with E-state index in [1.807, 2.05) is 86.7 Å². The first kappa shape index (κ1) is 24.3. The highest BCUT2D eigenvalue weighted by Gasteiger charge is 2.32. The van der Waals surface area contributed by atoms with Gasteiger partial charge in [-0.25, -0.2) is 0 Å². The van der Waals surface area contributed by atoms with Crippen molar-refractivity contribution in [3.63, 3.8) is 0 Å². The fourth-order valence-corrected chi connectivity index (χ4v) is 4.79. The summed E-state index contributed by atoms with van der Waals surface area (Å²) in [5.74, 6) is 1.18. The minimum absolute atomic E-state index is 0.0865. The average molecular weight is 510 g/mol. The molecule has 0 aromatic heterocycles. The lowest BCUT2D eigenvalue weighted by Crippen LogP contribution is -2.27. The molecule has 0 saturated carbocycles. The van der Waals surface area contributed by atoms with Crippen LogP contribution in [0.1, 0.15) is 29.2 Å². The summed E-state index contributed by atoms with van der Waals surface area (Å²) in [5, 5.41) is 0.687. The first-order chi connectivity index (χ1) is 16.4. The van der Waals surface area contributed by atoms with Crippen LogP contribution in [0.15, 0.2) is 71.6 Å². The van der Waals surface area contributed by atoms with E-state index >= 15 is 0 Å². The van der Waals surface area contributed by atoms with Crippen molar-refractivity contribution in [2.75, 3.05) is 6.61 Å². The highest BCUT2D eigenvalue weighted by Crippen LogP contribution is 2.36. The first-order valence-corrected chi connectivity index (χ1v) is 12.5. The van der Waals surface area contributed by atoms with Gasteiger partial charge in [-0.3, -0.25) is 9.69 Å². The molecule has 1 saturated heterocycles. The van der Waals surface area contributed by atoms with E-state index in [-0.39, 0.29) is 5.91 Å². The molecule has 0 spiro atoms. The van der Waals surface area contributed by atoms with Gasteiger partial charge in [0.05, 0.1) is 18.1 Å². The summed E-state index contributed by atoms with van der Waals surface area (Å²) in [6.45, 7) is 5.32. The molecule has 0 unspecified atom stereocenters. The molecule has 1 aliphatic rings. The molecular formula is C27H24ClNO3S2. The van der Waals surface area contributed by atoms with E-state index in [0.29, 0.717) is 45.5 Å². The van der Waals surface area contributed by atoms with Crippen LogP contribution in [-0.2, 0) is 17.9 Å². The average Bonchev–Trinajstić information content (AvgIpc) is 3.08. The van der Waals surface area contributed by atoms with Crippen LogP contribution in [-0.4, -0.2) is 21.7 Å². The van der Waals surface area contributed by atoms with Crippen molar-refractivity contribution in [3.8, 4) is 11.5 Å². The van der Waals surface area contributed by atoms with Crippen LogP contribution in [0.4, 0.5) is 0 Å². The van der Waals surface area contributed by atoms with Crippen LogP contribution in [0.3, 0.4) is 0 Å². The molecule has 1 amide bonds. The van der Waals surface area contributed by atoms with Crippen LogP contribution >= 0.6 is 35.6 Å². The van der Waals surface area contributed by atoms with Crippen molar-refractivity contribution in [2.24, 2.45) is 0 Å². The standard InChI is InChI=1S/C27H24ClNO3S2/c1-3-31-24-14-21(10-13-23(24)32-17-20-8-11-22(28)12-9-20)15-25-26(30)29(27(33)34-25)16-19-6-4-18(2)5-7-19/h4-15H,3,16-17H2,1-2H3. The second-order valence-electron chi connectivity index (χ2n) is 7.81. The van der Waals surface area contributed by atoms with Crippen molar-refractivity contribution in [1.29, 1.82) is 0 Å². The number of thiocarbonyl (C=S) groups is 1. The minimum Gasteiger partial charge on any atom is -0.490 e. The third-order valence-electron chi connectivity index (χ3n) is 5.21. The number of carbonyl (C=O) groups is 1. The van der Waals surface area contributed by atoms with Gasteiger partial charge >= 0.3 is 0 Å². The lowest BCUT2D eigenvalue weighted by Gasteiger charge is -2.14. The molecule has 1 aliphatic heterocycles. The van der Waals surface area contributed by atoms with E-state index in [2.05, 4.69) is 0 Å². The molecule has 7 heteroatoms. The van der Waals surface area contributed by atoms with Gasteiger partial charge in [-0.1, -0.05) is 83.6 Å². The lowest BCUT2D eigenvalue weighted by molar-refractivity contribution is -0.122. The Morgan fingerprint density at radius 2 is 1.68 bits per heavy atom. The number of thioether (sulfide) groups is 1. The lowest BCUT2D eigenvalue weighted by atomic mass is 10.1. The molecule has 174 valence electrons. The summed E-state index contributed by atoms with van der Waals surface area (Å²) in [5.41, 5.74) is 4.08. The van der Waals surface area contributed by atoms with Crippen molar-refractivity contribution in [3.05, 3.63) is 98.9 Å². The molecule has 1 heterocycles. The molecule has 0 radical (unpaired) electrons. The number of hydrogen-bond donors (Lipinski definition) is 0. The second kappa shape index (κ2) is 11.1. The zero-order valence-corrected chi connectivity index (χ0v) is 21.3. The normalized spacial score (nSPS) is 14.7. The van der Waals surface area contributed by atoms with Crippen LogP contribution in [0.2, 0.25) is 5.02 Å². The van der Waals surface area contributed by atoms with Crippen molar-refractivity contribution >= 4 is 51.9 Å². The maximum absolute atomic E-state index is 13.0. The zero-order chi connectivity index (χ0) is 24.1. The zero-order valence-electron chi connectivity index (χ0n) is 18.9. The molecule has 3 aromatic rings. The molecule has 0 bridgehead atoms. The first-order valence-electron chi connectivity index (χ1n) is 10.9. The Kier molecular flexibility index (Phi) is 7.93. The molecule has 0 atom stereocenters. The summed E-state index contributed by atoms with van der Waals surface area (Å²) in [4.78, 5) is 15.3. The predicted molar refractivity (Wildman–Crippen MR) is 143 cm³/mol. The number of rotatable bonds is 8. The maximum Gasteiger partial charge on any atom is 0.266 e. The summed E-state index contributed by atoms with van der Waals surface area (Å²) in [6, 6.07) is 21.3. The Morgan fingerprint density at radius 1 is 0.971 bits per heavy atom. The number of ether oxygens (including phenoxy) is 2. The van der Waals surface area contributed by atoms with Gasteiger partial charge in [0.1, 0.15) is 10.9 Å². The van der Waals surface area contributed by atoms with E-state index in [1.165, 1.54) is 17.3 Å². The Bertz CT molecular complexity index is 1220. The quantitative estimate of drug-likeness (QED) is 0.241. The van der Waals surface area contributed by atoms with Gasteiger partial charge in [-0.2, -0.15) is 0 Å². The number of aryl methyl sites for hydroxylation is 1. The number of amides is 1.